The number of benzene rings is 2. The number of hydrogen-bond donors (Lipinski definition) is 0. The average molecular weight is 385 g/mol. The van der Waals surface area contributed by atoms with Crippen molar-refractivity contribution in [1.29, 1.82) is 0 Å². The van der Waals surface area contributed by atoms with Gasteiger partial charge in [-0.2, -0.15) is 4.99 Å². The van der Waals surface area contributed by atoms with Gasteiger partial charge in [-0.05, 0) is 53.7 Å². The largest absolute Gasteiger partial charge is 0.279 e. The van der Waals surface area contributed by atoms with E-state index in [1.165, 1.54) is 16.7 Å². The molecule has 6 heteroatoms. The van der Waals surface area contributed by atoms with Crippen molar-refractivity contribution in [2.75, 3.05) is 4.90 Å². The third kappa shape index (κ3) is 3.77. The van der Waals surface area contributed by atoms with Crippen molar-refractivity contribution in [2.45, 2.75) is 0 Å². The van der Waals surface area contributed by atoms with Gasteiger partial charge in [-0.1, -0.05) is 42.5 Å². The molecule has 5 nitrogen and oxygen atoms in total. The highest BCUT2D eigenvalue weighted by Gasteiger charge is 2.35. The fraction of sp³-hybridized carbons (Fsp3) is 0. The number of carbonyl (C=O) groups is 2. The highest BCUT2D eigenvalue weighted by Crippen LogP contribution is 2.36. The number of anilines is 1. The molecule has 0 spiro atoms. The topological polar surface area (TPSA) is 62.6 Å². The second-order valence-corrected chi connectivity index (χ2v) is 6.95. The van der Waals surface area contributed by atoms with Gasteiger partial charge in [0.1, 0.15) is 0 Å². The number of hydrogen-bond acceptors (Lipinski definition) is 4. The Hall–Kier alpha value is -3.51. The molecular formula is C22H15N3O2S. The Kier molecular flexibility index (Phi) is 5.12. The summed E-state index contributed by atoms with van der Waals surface area (Å²) < 4.78 is 0. The monoisotopic (exact) mass is 385 g/mol. The predicted octanol–water partition coefficient (Wildman–Crippen LogP) is 4.40. The Morgan fingerprint density at radius 1 is 0.964 bits per heavy atom. The Balaban J connectivity index is 1.74. The van der Waals surface area contributed by atoms with Crippen LogP contribution in [-0.2, 0) is 4.79 Å². The molecule has 2 amide bonds. The van der Waals surface area contributed by atoms with Gasteiger partial charge in [-0.3, -0.25) is 19.5 Å². The van der Waals surface area contributed by atoms with Crippen molar-refractivity contribution in [3.8, 4) is 0 Å². The molecule has 0 saturated carbocycles. The molecule has 0 radical (unpaired) electrons. The van der Waals surface area contributed by atoms with Crippen molar-refractivity contribution in [3.05, 3.63) is 101 Å². The molecule has 1 aromatic heterocycles. The van der Waals surface area contributed by atoms with E-state index < -0.39 is 0 Å². The van der Waals surface area contributed by atoms with Crippen LogP contribution in [0.25, 0.3) is 6.08 Å². The van der Waals surface area contributed by atoms with Gasteiger partial charge < -0.3 is 0 Å². The second kappa shape index (κ2) is 8.02. The van der Waals surface area contributed by atoms with Crippen molar-refractivity contribution in [2.24, 2.45) is 4.99 Å². The van der Waals surface area contributed by atoms with Crippen LogP contribution in [0.5, 0.6) is 0 Å². The maximum Gasteiger partial charge on any atom is 0.279 e. The quantitative estimate of drug-likeness (QED) is 0.627. The van der Waals surface area contributed by atoms with E-state index >= 15 is 0 Å². The molecular weight excluding hydrogens is 370 g/mol. The van der Waals surface area contributed by atoms with Crippen LogP contribution in [0.1, 0.15) is 15.9 Å². The van der Waals surface area contributed by atoms with Crippen LogP contribution in [0.15, 0.2) is 95.1 Å². The Labute approximate surface area is 166 Å². The lowest BCUT2D eigenvalue weighted by Crippen LogP contribution is -2.29. The third-order valence-electron chi connectivity index (χ3n) is 4.02. The number of pyridine rings is 1. The maximum atomic E-state index is 13.1. The molecule has 0 aliphatic carbocycles. The van der Waals surface area contributed by atoms with Crippen molar-refractivity contribution in [3.63, 3.8) is 0 Å². The molecule has 1 fully saturated rings. The summed E-state index contributed by atoms with van der Waals surface area (Å²) in [4.78, 5) is 35.9. The first-order chi connectivity index (χ1) is 13.7. The maximum absolute atomic E-state index is 13.1. The van der Waals surface area contributed by atoms with Crippen molar-refractivity contribution >= 4 is 40.5 Å². The molecule has 1 aliphatic rings. The Morgan fingerprint density at radius 3 is 2.36 bits per heavy atom. The van der Waals surface area contributed by atoms with E-state index in [0.717, 1.165) is 5.56 Å². The van der Waals surface area contributed by atoms with E-state index in [-0.39, 0.29) is 11.8 Å². The summed E-state index contributed by atoms with van der Waals surface area (Å²) in [6, 6.07) is 21.6. The van der Waals surface area contributed by atoms with Crippen molar-refractivity contribution in [1.82, 2.24) is 4.98 Å². The number of thioether (sulfide) groups is 1. The Morgan fingerprint density at radius 2 is 1.68 bits per heavy atom. The van der Waals surface area contributed by atoms with Crippen LogP contribution in [0.4, 0.5) is 5.69 Å². The molecule has 28 heavy (non-hydrogen) atoms. The van der Waals surface area contributed by atoms with Gasteiger partial charge in [0, 0.05) is 18.0 Å². The van der Waals surface area contributed by atoms with E-state index in [1.54, 1.807) is 48.8 Å². The first kappa shape index (κ1) is 17.9. The fourth-order valence-electron chi connectivity index (χ4n) is 2.70. The molecule has 4 rings (SSSR count). The van der Waals surface area contributed by atoms with Crippen LogP contribution in [0.2, 0.25) is 0 Å². The zero-order valence-corrected chi connectivity index (χ0v) is 15.5. The number of amides is 2. The number of carbonyl (C=O) groups excluding carboxylic acids is 2. The van der Waals surface area contributed by atoms with Crippen LogP contribution in [0, 0.1) is 0 Å². The van der Waals surface area contributed by atoms with Crippen molar-refractivity contribution < 1.29 is 9.59 Å². The molecule has 2 aromatic carbocycles. The van der Waals surface area contributed by atoms with Crippen LogP contribution < -0.4 is 4.90 Å². The first-order valence-electron chi connectivity index (χ1n) is 8.59. The fourth-order valence-corrected chi connectivity index (χ4v) is 3.68. The second-order valence-electron chi connectivity index (χ2n) is 5.94. The highest BCUT2D eigenvalue weighted by atomic mass is 32.2. The normalized spacial score (nSPS) is 16.7. The van der Waals surface area contributed by atoms with Crippen LogP contribution >= 0.6 is 11.8 Å². The summed E-state index contributed by atoms with van der Waals surface area (Å²) in [5.41, 5.74) is 1.94. The molecule has 0 atom stereocenters. The zero-order valence-electron chi connectivity index (χ0n) is 14.7. The zero-order chi connectivity index (χ0) is 19.3. The van der Waals surface area contributed by atoms with E-state index in [4.69, 9.17) is 0 Å². The van der Waals surface area contributed by atoms with E-state index in [0.29, 0.717) is 21.3 Å². The SMILES string of the molecule is O=C(N=C1SC(=Cc2cccnc2)C(=O)N1c1ccccc1)c1ccccc1. The Bertz CT molecular complexity index is 1060. The number of amidine groups is 1. The van der Waals surface area contributed by atoms with Gasteiger partial charge in [0.25, 0.3) is 11.8 Å². The lowest BCUT2D eigenvalue weighted by Gasteiger charge is -2.15. The van der Waals surface area contributed by atoms with Crippen LogP contribution in [0.3, 0.4) is 0 Å². The molecule has 3 aromatic rings. The number of para-hydroxylation sites is 1. The average Bonchev–Trinajstić information content (AvgIpc) is 3.04. The van der Waals surface area contributed by atoms with Gasteiger partial charge in [-0.15, -0.1) is 0 Å². The van der Waals surface area contributed by atoms with Gasteiger partial charge in [0.15, 0.2) is 5.17 Å². The lowest BCUT2D eigenvalue weighted by atomic mass is 10.2. The standard InChI is InChI=1S/C22H15N3O2S/c26-20(17-9-3-1-4-10-17)24-22-25(18-11-5-2-6-12-18)21(27)19(28-22)14-16-8-7-13-23-15-16/h1-15H. The molecule has 1 aliphatic heterocycles. The molecule has 0 bridgehead atoms. The highest BCUT2D eigenvalue weighted by molar-refractivity contribution is 8.19. The van der Waals surface area contributed by atoms with E-state index in [2.05, 4.69) is 9.98 Å². The number of rotatable bonds is 3. The smallest absolute Gasteiger partial charge is 0.268 e. The third-order valence-corrected chi connectivity index (χ3v) is 4.99. The van der Waals surface area contributed by atoms with Gasteiger partial charge >= 0.3 is 0 Å². The van der Waals surface area contributed by atoms with Gasteiger partial charge in [-0.25, -0.2) is 0 Å². The van der Waals surface area contributed by atoms with Crippen LogP contribution in [-0.4, -0.2) is 22.0 Å². The minimum Gasteiger partial charge on any atom is -0.268 e. The summed E-state index contributed by atoms with van der Waals surface area (Å²) in [6.07, 6.45) is 5.11. The molecule has 0 unspecified atom stereocenters. The van der Waals surface area contributed by atoms with E-state index in [9.17, 15) is 9.59 Å². The summed E-state index contributed by atoms with van der Waals surface area (Å²) >= 11 is 1.18. The molecule has 0 N–H and O–H groups in total. The predicted molar refractivity (Wildman–Crippen MR) is 112 cm³/mol. The molecule has 2 heterocycles. The molecule has 136 valence electrons. The summed E-state index contributed by atoms with van der Waals surface area (Å²) in [7, 11) is 0. The summed E-state index contributed by atoms with van der Waals surface area (Å²) in [6.45, 7) is 0. The lowest BCUT2D eigenvalue weighted by molar-refractivity contribution is -0.113. The molecule has 1 saturated heterocycles. The summed E-state index contributed by atoms with van der Waals surface area (Å²) in [5.74, 6) is -0.612. The summed E-state index contributed by atoms with van der Waals surface area (Å²) in [5, 5.41) is 0.334. The first-order valence-corrected chi connectivity index (χ1v) is 9.41. The van der Waals surface area contributed by atoms with E-state index in [1.807, 2.05) is 42.5 Å². The number of nitrogens with zero attached hydrogens (tertiary/aromatic N) is 3. The number of aromatic nitrogens is 1. The minimum absolute atomic E-state index is 0.223. The number of aliphatic imine (C=N–C) groups is 1. The van der Waals surface area contributed by atoms with Gasteiger partial charge in [0.05, 0.1) is 10.6 Å². The minimum atomic E-state index is -0.389. The van der Waals surface area contributed by atoms with Gasteiger partial charge in [0.2, 0.25) is 0 Å².